The van der Waals surface area contributed by atoms with Crippen LogP contribution in [-0.4, -0.2) is 48.0 Å². The van der Waals surface area contributed by atoms with E-state index in [2.05, 4.69) is 25.1 Å². The third kappa shape index (κ3) is 3.32. The average molecular weight is 468 g/mol. The minimum Gasteiger partial charge on any atom is -0.495 e. The molecule has 0 atom stereocenters. The molecule has 2 N–H and O–H groups in total. The Hall–Kier alpha value is -4.44. The summed E-state index contributed by atoms with van der Waals surface area (Å²) in [7, 11) is 1.60. The molecule has 9 nitrogen and oxygen atoms in total. The number of H-pyrrole nitrogens is 2. The van der Waals surface area contributed by atoms with Crippen molar-refractivity contribution in [3.63, 3.8) is 0 Å². The van der Waals surface area contributed by atoms with Crippen molar-refractivity contribution in [2.45, 2.75) is 6.92 Å². The van der Waals surface area contributed by atoms with E-state index < -0.39 is 0 Å². The molecular formula is C24H17N7O2S. The Morgan fingerprint density at radius 1 is 1.00 bits per heavy atom. The number of methoxy groups -OCH3 is 1. The summed E-state index contributed by atoms with van der Waals surface area (Å²) in [6.45, 7) is 1.56. The van der Waals surface area contributed by atoms with Gasteiger partial charge in [-0.1, -0.05) is 0 Å². The fourth-order valence-corrected chi connectivity index (χ4v) is 4.68. The van der Waals surface area contributed by atoms with Gasteiger partial charge in [0, 0.05) is 18.0 Å². The molecule has 6 rings (SSSR count). The van der Waals surface area contributed by atoms with Crippen LogP contribution in [-0.2, 0) is 0 Å². The molecule has 0 saturated heterocycles. The Labute approximate surface area is 196 Å². The van der Waals surface area contributed by atoms with E-state index >= 15 is 0 Å². The number of fused-ring (bicyclic) bond motifs is 2. The lowest BCUT2D eigenvalue weighted by atomic mass is 10.1. The lowest BCUT2D eigenvalue weighted by molar-refractivity contribution is 0.102. The van der Waals surface area contributed by atoms with E-state index in [9.17, 15) is 4.79 Å². The van der Waals surface area contributed by atoms with Crippen LogP contribution in [0.15, 0.2) is 55.0 Å². The second-order valence-corrected chi connectivity index (χ2v) is 8.72. The first-order valence-corrected chi connectivity index (χ1v) is 11.2. The average Bonchev–Trinajstić information content (AvgIpc) is 3.61. The maximum atomic E-state index is 11.7. The number of nitrogens with one attached hydrogen (secondary N) is 2. The number of hydrogen-bond acceptors (Lipinski definition) is 8. The minimum absolute atomic E-state index is 0.0299. The van der Waals surface area contributed by atoms with Crippen molar-refractivity contribution in [3.05, 3.63) is 59.9 Å². The SMILES string of the molecule is COc1cncc(-c2ccc3[nH]nc(-c4nc5c(-c6ccc(C(C)=O)s6)nccc5[nH]4)c3n2)c1. The van der Waals surface area contributed by atoms with E-state index in [1.54, 1.807) is 32.6 Å². The standard InChI is InChI=1S/C24H17N7O2S/c1-12(32)18-5-6-19(34-18)22-20-16(7-8-26-22)28-24(29-20)23-21-17(30-31-23)4-3-15(27-21)13-9-14(33-2)11-25-10-13/h3-11H,1-2H3,(H,28,29)(H,30,31). The topological polar surface area (TPSA) is 122 Å². The van der Waals surface area contributed by atoms with Gasteiger partial charge >= 0.3 is 0 Å². The van der Waals surface area contributed by atoms with E-state index in [0.29, 0.717) is 38.9 Å². The molecule has 0 aromatic carbocycles. The van der Waals surface area contributed by atoms with Crippen molar-refractivity contribution in [2.75, 3.05) is 7.11 Å². The first-order chi connectivity index (χ1) is 16.6. The summed E-state index contributed by atoms with van der Waals surface area (Å²) < 4.78 is 5.29. The highest BCUT2D eigenvalue weighted by Crippen LogP contribution is 2.34. The van der Waals surface area contributed by atoms with Gasteiger partial charge in [-0.15, -0.1) is 11.3 Å². The summed E-state index contributed by atoms with van der Waals surface area (Å²) in [5.74, 6) is 1.26. The lowest BCUT2D eigenvalue weighted by Crippen LogP contribution is -1.89. The molecule has 0 spiro atoms. The van der Waals surface area contributed by atoms with E-state index in [4.69, 9.17) is 14.7 Å². The van der Waals surface area contributed by atoms with Crippen LogP contribution in [0.2, 0.25) is 0 Å². The van der Waals surface area contributed by atoms with Gasteiger partial charge in [0.15, 0.2) is 17.3 Å². The molecular weight excluding hydrogens is 450 g/mol. The molecule has 0 aliphatic carbocycles. The lowest BCUT2D eigenvalue weighted by Gasteiger charge is -2.03. The van der Waals surface area contributed by atoms with Gasteiger partial charge in [-0.25, -0.2) is 9.97 Å². The molecule has 0 unspecified atom stereocenters. The Balaban J connectivity index is 1.47. The molecule has 0 saturated carbocycles. The first-order valence-electron chi connectivity index (χ1n) is 10.4. The van der Waals surface area contributed by atoms with Crippen LogP contribution in [0.3, 0.4) is 0 Å². The second-order valence-electron chi connectivity index (χ2n) is 7.64. The number of Topliss-reactive ketones (excluding diaryl/α,β-unsaturated/α-hetero) is 1. The van der Waals surface area contributed by atoms with Gasteiger partial charge in [0.2, 0.25) is 0 Å². The molecule has 6 aromatic rings. The molecule has 10 heteroatoms. The van der Waals surface area contributed by atoms with Gasteiger partial charge in [0.05, 0.1) is 39.8 Å². The number of ether oxygens (including phenoxy) is 1. The fraction of sp³-hybridized carbons (Fsp3) is 0.0833. The monoisotopic (exact) mass is 467 g/mol. The van der Waals surface area contributed by atoms with Gasteiger partial charge in [-0.3, -0.25) is 19.9 Å². The van der Waals surface area contributed by atoms with Crippen LogP contribution in [0, 0.1) is 0 Å². The van der Waals surface area contributed by atoms with Crippen molar-refractivity contribution in [1.82, 2.24) is 35.1 Å². The molecule has 0 bridgehead atoms. The number of carbonyl (C=O) groups is 1. The number of pyridine rings is 3. The normalized spacial score (nSPS) is 11.4. The zero-order valence-electron chi connectivity index (χ0n) is 18.2. The highest BCUT2D eigenvalue weighted by atomic mass is 32.1. The maximum absolute atomic E-state index is 11.7. The van der Waals surface area contributed by atoms with Gasteiger partial charge in [-0.2, -0.15) is 5.10 Å². The summed E-state index contributed by atoms with van der Waals surface area (Å²) >= 11 is 1.40. The molecule has 0 amide bonds. The molecule has 6 heterocycles. The molecule has 166 valence electrons. The van der Waals surface area contributed by atoms with Gasteiger partial charge in [0.1, 0.15) is 22.5 Å². The zero-order valence-corrected chi connectivity index (χ0v) is 19.0. The Bertz CT molecular complexity index is 1700. The minimum atomic E-state index is 0.0299. The van der Waals surface area contributed by atoms with Gasteiger partial charge in [-0.05, 0) is 43.3 Å². The number of rotatable bonds is 5. The number of carbonyl (C=O) groups excluding carboxylic acids is 1. The van der Waals surface area contributed by atoms with E-state index in [1.807, 2.05) is 36.4 Å². The predicted molar refractivity (Wildman–Crippen MR) is 130 cm³/mol. The van der Waals surface area contributed by atoms with Crippen molar-refractivity contribution >= 4 is 39.2 Å². The summed E-state index contributed by atoms with van der Waals surface area (Å²) in [6.07, 6.45) is 5.12. The number of nitrogens with zero attached hydrogens (tertiary/aromatic N) is 5. The van der Waals surface area contributed by atoms with Crippen LogP contribution in [0.5, 0.6) is 5.75 Å². The summed E-state index contributed by atoms with van der Waals surface area (Å²) in [5.41, 5.74) is 5.90. The van der Waals surface area contributed by atoms with Crippen molar-refractivity contribution in [1.29, 1.82) is 0 Å². The van der Waals surface area contributed by atoms with E-state index in [0.717, 1.165) is 27.2 Å². The Morgan fingerprint density at radius 2 is 1.88 bits per heavy atom. The van der Waals surface area contributed by atoms with E-state index in [1.165, 1.54) is 11.3 Å². The van der Waals surface area contributed by atoms with E-state index in [-0.39, 0.29) is 5.78 Å². The van der Waals surface area contributed by atoms with Gasteiger partial charge < -0.3 is 9.72 Å². The highest BCUT2D eigenvalue weighted by Gasteiger charge is 2.18. The third-order valence-corrected chi connectivity index (χ3v) is 6.66. The summed E-state index contributed by atoms with van der Waals surface area (Å²) in [5, 5.41) is 7.51. The van der Waals surface area contributed by atoms with Crippen LogP contribution < -0.4 is 4.74 Å². The summed E-state index contributed by atoms with van der Waals surface area (Å²) in [4.78, 5) is 35.1. The van der Waals surface area contributed by atoms with Crippen molar-refractivity contribution in [2.24, 2.45) is 0 Å². The predicted octanol–water partition coefficient (Wildman–Crippen LogP) is 4.90. The smallest absolute Gasteiger partial charge is 0.169 e. The maximum Gasteiger partial charge on any atom is 0.169 e. The molecule has 34 heavy (non-hydrogen) atoms. The number of imidazole rings is 1. The van der Waals surface area contributed by atoms with Crippen LogP contribution in [0.25, 0.3) is 55.4 Å². The Kier molecular flexibility index (Phi) is 4.66. The quantitative estimate of drug-likeness (QED) is 0.346. The fourth-order valence-electron chi connectivity index (χ4n) is 3.78. The van der Waals surface area contributed by atoms with Crippen LogP contribution in [0.1, 0.15) is 16.6 Å². The number of aromatic amines is 2. The van der Waals surface area contributed by atoms with Crippen LogP contribution >= 0.6 is 11.3 Å². The molecule has 0 aliphatic heterocycles. The number of thiophene rings is 1. The number of hydrogen-bond donors (Lipinski definition) is 2. The van der Waals surface area contributed by atoms with Crippen molar-refractivity contribution in [3.8, 4) is 39.1 Å². The highest BCUT2D eigenvalue weighted by molar-refractivity contribution is 7.17. The van der Waals surface area contributed by atoms with Crippen molar-refractivity contribution < 1.29 is 9.53 Å². The molecule has 0 aliphatic rings. The number of aromatic nitrogens is 7. The Morgan fingerprint density at radius 3 is 2.71 bits per heavy atom. The molecule has 6 aromatic heterocycles. The third-order valence-electron chi connectivity index (χ3n) is 5.46. The zero-order chi connectivity index (χ0) is 23.2. The number of ketones is 1. The molecule has 0 radical (unpaired) electrons. The summed E-state index contributed by atoms with van der Waals surface area (Å²) in [6, 6.07) is 11.3. The van der Waals surface area contributed by atoms with Crippen LogP contribution in [0.4, 0.5) is 0 Å². The molecule has 0 fully saturated rings. The van der Waals surface area contributed by atoms with Gasteiger partial charge in [0.25, 0.3) is 0 Å². The first kappa shape index (κ1) is 20.2. The largest absolute Gasteiger partial charge is 0.495 e. The second kappa shape index (κ2) is 7.85.